The fourth-order valence-electron chi connectivity index (χ4n) is 1.86. The van der Waals surface area contributed by atoms with Crippen LogP contribution in [0, 0.1) is 5.92 Å². The lowest BCUT2D eigenvalue weighted by molar-refractivity contribution is 0.284. The standard InChI is InChI=1S/C10H21NO3S/c1-7(2)9-8(6-12)11(9)15(13,14)10(3,4)5/h7-9,12H,6H2,1-5H3/t8-,9-,11?/m0/s1. The Kier molecular flexibility index (Phi) is 3.20. The highest BCUT2D eigenvalue weighted by Gasteiger charge is 2.58. The van der Waals surface area contributed by atoms with Gasteiger partial charge in [0.25, 0.3) is 0 Å². The second-order valence-corrected chi connectivity index (χ2v) is 8.03. The average Bonchev–Trinajstić information content (AvgIpc) is 2.75. The van der Waals surface area contributed by atoms with Gasteiger partial charge in [-0.05, 0) is 26.7 Å². The minimum Gasteiger partial charge on any atom is -0.395 e. The van der Waals surface area contributed by atoms with Crippen molar-refractivity contribution in [3.8, 4) is 0 Å². The third-order valence-electron chi connectivity index (χ3n) is 2.85. The molecule has 3 atom stereocenters. The summed E-state index contributed by atoms with van der Waals surface area (Å²) in [7, 11) is -3.29. The molecule has 1 N–H and O–H groups in total. The van der Waals surface area contributed by atoms with Gasteiger partial charge in [-0.25, -0.2) is 8.42 Å². The van der Waals surface area contributed by atoms with Crippen LogP contribution in [0.3, 0.4) is 0 Å². The zero-order valence-electron chi connectivity index (χ0n) is 10.1. The average molecular weight is 235 g/mol. The van der Waals surface area contributed by atoms with Crippen molar-refractivity contribution in [1.82, 2.24) is 4.31 Å². The Labute approximate surface area is 92.3 Å². The fraction of sp³-hybridized carbons (Fsp3) is 1.00. The molecular formula is C10H21NO3S. The predicted molar refractivity (Wildman–Crippen MR) is 60.0 cm³/mol. The Balaban J connectivity index is 2.93. The molecule has 0 radical (unpaired) electrons. The van der Waals surface area contributed by atoms with Crippen LogP contribution in [0.5, 0.6) is 0 Å². The molecule has 90 valence electrons. The monoisotopic (exact) mass is 235 g/mol. The van der Waals surface area contributed by atoms with E-state index < -0.39 is 14.8 Å². The van der Waals surface area contributed by atoms with Crippen LogP contribution in [0.2, 0.25) is 0 Å². The zero-order chi connectivity index (χ0) is 12.0. The van der Waals surface area contributed by atoms with Crippen molar-refractivity contribution in [2.45, 2.75) is 51.4 Å². The quantitative estimate of drug-likeness (QED) is 0.737. The van der Waals surface area contributed by atoms with Gasteiger partial charge < -0.3 is 5.11 Å². The van der Waals surface area contributed by atoms with E-state index in [0.29, 0.717) is 0 Å². The number of rotatable bonds is 3. The molecule has 1 fully saturated rings. The molecule has 1 unspecified atom stereocenters. The third-order valence-corrected chi connectivity index (χ3v) is 5.46. The van der Waals surface area contributed by atoms with Gasteiger partial charge in [-0.15, -0.1) is 0 Å². The van der Waals surface area contributed by atoms with Crippen molar-refractivity contribution >= 4 is 10.0 Å². The molecule has 0 aromatic carbocycles. The van der Waals surface area contributed by atoms with Gasteiger partial charge in [-0.3, -0.25) is 0 Å². The van der Waals surface area contributed by atoms with Crippen LogP contribution in [-0.4, -0.2) is 41.3 Å². The SMILES string of the molecule is CC(C)[C@H]1[C@H](CO)N1S(=O)(=O)C(C)(C)C. The summed E-state index contributed by atoms with van der Waals surface area (Å²) in [6.45, 7) is 8.93. The number of nitrogens with zero attached hydrogens (tertiary/aromatic N) is 1. The number of aliphatic hydroxyl groups is 1. The van der Waals surface area contributed by atoms with Crippen LogP contribution in [0.4, 0.5) is 0 Å². The molecule has 0 aromatic rings. The van der Waals surface area contributed by atoms with Crippen LogP contribution < -0.4 is 0 Å². The summed E-state index contributed by atoms with van der Waals surface area (Å²) in [4.78, 5) is 0. The number of hydrogen-bond acceptors (Lipinski definition) is 3. The van der Waals surface area contributed by atoms with E-state index in [-0.39, 0.29) is 24.6 Å². The molecule has 4 nitrogen and oxygen atoms in total. The summed E-state index contributed by atoms with van der Waals surface area (Å²) in [5.41, 5.74) is 0. The maximum Gasteiger partial charge on any atom is 0.219 e. The van der Waals surface area contributed by atoms with Gasteiger partial charge in [0.2, 0.25) is 10.0 Å². The minimum atomic E-state index is -3.29. The molecule has 0 spiro atoms. The third kappa shape index (κ3) is 2.05. The molecule has 1 rings (SSSR count). The lowest BCUT2D eigenvalue weighted by Gasteiger charge is -2.21. The van der Waals surface area contributed by atoms with E-state index >= 15 is 0 Å². The van der Waals surface area contributed by atoms with E-state index in [0.717, 1.165) is 0 Å². The van der Waals surface area contributed by atoms with Crippen molar-refractivity contribution in [3.63, 3.8) is 0 Å². The molecule has 1 aliphatic heterocycles. The summed E-state index contributed by atoms with van der Waals surface area (Å²) in [5, 5.41) is 9.12. The van der Waals surface area contributed by atoms with Gasteiger partial charge in [-0.1, -0.05) is 13.8 Å². The molecule has 0 amide bonds. The molecule has 0 aromatic heterocycles. The first-order valence-electron chi connectivity index (χ1n) is 5.28. The van der Waals surface area contributed by atoms with Gasteiger partial charge in [0, 0.05) is 6.04 Å². The van der Waals surface area contributed by atoms with Gasteiger partial charge in [0.05, 0.1) is 17.4 Å². The fourth-order valence-corrected chi connectivity index (χ4v) is 3.69. The second kappa shape index (κ2) is 3.71. The van der Waals surface area contributed by atoms with E-state index in [4.69, 9.17) is 5.11 Å². The van der Waals surface area contributed by atoms with Gasteiger partial charge in [-0.2, -0.15) is 4.31 Å². The first-order chi connectivity index (χ1) is 6.64. The van der Waals surface area contributed by atoms with Crippen LogP contribution in [0.1, 0.15) is 34.6 Å². The summed E-state index contributed by atoms with van der Waals surface area (Å²) in [6.07, 6.45) is 0. The maximum atomic E-state index is 12.1. The van der Waals surface area contributed by atoms with Gasteiger partial charge in [0.1, 0.15) is 0 Å². The van der Waals surface area contributed by atoms with Crippen molar-refractivity contribution in [3.05, 3.63) is 0 Å². The highest BCUT2D eigenvalue weighted by atomic mass is 32.2. The highest BCUT2D eigenvalue weighted by Crippen LogP contribution is 2.41. The molecule has 0 aliphatic carbocycles. The molecular weight excluding hydrogens is 214 g/mol. The Morgan fingerprint density at radius 3 is 2.00 bits per heavy atom. The highest BCUT2D eigenvalue weighted by molar-refractivity contribution is 7.90. The lowest BCUT2D eigenvalue weighted by atomic mass is 10.1. The summed E-state index contributed by atoms with van der Waals surface area (Å²) in [6, 6.07) is -0.242. The van der Waals surface area contributed by atoms with E-state index in [1.54, 1.807) is 20.8 Å². The first kappa shape index (κ1) is 12.9. The summed E-state index contributed by atoms with van der Waals surface area (Å²) < 4.78 is 24.9. The predicted octanol–water partition coefficient (Wildman–Crippen LogP) is 0.816. The Morgan fingerprint density at radius 2 is 1.80 bits per heavy atom. The maximum absolute atomic E-state index is 12.1. The van der Waals surface area contributed by atoms with Crippen LogP contribution >= 0.6 is 0 Å². The molecule has 5 heteroatoms. The number of hydrogen-bond donors (Lipinski definition) is 1. The molecule has 15 heavy (non-hydrogen) atoms. The minimum absolute atomic E-state index is 0.0285. The van der Waals surface area contributed by atoms with E-state index in [9.17, 15) is 8.42 Å². The largest absolute Gasteiger partial charge is 0.395 e. The summed E-state index contributed by atoms with van der Waals surface area (Å²) >= 11 is 0. The smallest absolute Gasteiger partial charge is 0.219 e. The first-order valence-corrected chi connectivity index (χ1v) is 6.72. The van der Waals surface area contributed by atoms with Crippen molar-refractivity contribution in [2.75, 3.05) is 6.61 Å². The number of aliphatic hydroxyl groups excluding tert-OH is 1. The normalized spacial score (nSPS) is 32.1. The van der Waals surface area contributed by atoms with Gasteiger partial charge in [0.15, 0.2) is 0 Å². The van der Waals surface area contributed by atoms with Crippen molar-refractivity contribution in [1.29, 1.82) is 0 Å². The zero-order valence-corrected chi connectivity index (χ0v) is 10.9. The van der Waals surface area contributed by atoms with Crippen molar-refractivity contribution < 1.29 is 13.5 Å². The summed E-state index contributed by atoms with van der Waals surface area (Å²) in [5.74, 6) is 0.249. The Morgan fingerprint density at radius 1 is 1.33 bits per heavy atom. The molecule has 0 bridgehead atoms. The van der Waals surface area contributed by atoms with E-state index in [1.165, 1.54) is 4.31 Å². The Hall–Kier alpha value is -0.130. The Bertz CT molecular complexity index is 329. The lowest BCUT2D eigenvalue weighted by Crippen LogP contribution is -2.35. The van der Waals surface area contributed by atoms with E-state index in [2.05, 4.69) is 0 Å². The molecule has 1 saturated heterocycles. The molecule has 0 saturated carbocycles. The number of sulfonamides is 1. The van der Waals surface area contributed by atoms with Crippen LogP contribution in [-0.2, 0) is 10.0 Å². The van der Waals surface area contributed by atoms with Crippen LogP contribution in [0.25, 0.3) is 0 Å². The van der Waals surface area contributed by atoms with Gasteiger partial charge >= 0.3 is 0 Å². The van der Waals surface area contributed by atoms with Crippen molar-refractivity contribution in [2.24, 2.45) is 5.92 Å². The topological polar surface area (TPSA) is 57.4 Å². The van der Waals surface area contributed by atoms with Crippen LogP contribution in [0.15, 0.2) is 0 Å². The molecule has 1 heterocycles. The van der Waals surface area contributed by atoms with E-state index in [1.807, 2.05) is 13.8 Å². The molecule has 1 aliphatic rings. The second-order valence-electron chi connectivity index (χ2n) is 5.43.